The van der Waals surface area contributed by atoms with Gasteiger partial charge in [-0.3, -0.25) is 0 Å². The van der Waals surface area contributed by atoms with Crippen molar-refractivity contribution in [1.82, 2.24) is 29.9 Å². The molecule has 2 heterocycles. The first-order chi connectivity index (χ1) is 20.4. The third-order valence-corrected chi connectivity index (χ3v) is 6.99. The number of benzene rings is 4. The monoisotopic (exact) mass is 545 g/mol. The van der Waals surface area contributed by atoms with Crippen LogP contribution >= 0.6 is 0 Å². The molecule has 202 valence electrons. The fraction of sp³-hybridized carbons (Fsp3) is 0.114. The quantitative estimate of drug-likeness (QED) is 0.221. The van der Waals surface area contributed by atoms with Gasteiger partial charge in [0.25, 0.3) is 0 Å². The molecule has 0 bridgehead atoms. The maximum absolute atomic E-state index is 9.34. The number of rotatable bonds is 5. The summed E-state index contributed by atoms with van der Waals surface area (Å²) in [6.45, 7) is 7.51. The van der Waals surface area contributed by atoms with Crippen LogP contribution in [0, 0.1) is 39.0 Å². The van der Waals surface area contributed by atoms with Gasteiger partial charge in [0.05, 0.1) is 11.6 Å². The molecule has 2 aromatic heterocycles. The average Bonchev–Trinajstić information content (AvgIpc) is 3.00. The molecule has 0 fully saturated rings. The van der Waals surface area contributed by atoms with Crippen LogP contribution in [0.2, 0.25) is 0 Å². The molecule has 6 rings (SSSR count). The van der Waals surface area contributed by atoms with Crippen molar-refractivity contribution < 1.29 is 0 Å². The second-order valence-corrected chi connectivity index (χ2v) is 10.1. The van der Waals surface area contributed by atoms with Gasteiger partial charge in [0.15, 0.2) is 11.6 Å². The maximum Gasteiger partial charge on any atom is 0.163 e. The van der Waals surface area contributed by atoms with Gasteiger partial charge in [0, 0.05) is 11.1 Å². The SMILES string of the molecule is Cc1nc(C)nc(-c2ccc(-c3cccc(-c4ccc(C#N)cc4)c3-c3ccc(-c4nc(C)nc(C)n4)cc3)cc2)n1. The van der Waals surface area contributed by atoms with E-state index >= 15 is 0 Å². The Morgan fingerprint density at radius 3 is 1.19 bits per heavy atom. The highest BCUT2D eigenvalue weighted by atomic mass is 15.0. The first-order valence-electron chi connectivity index (χ1n) is 13.6. The van der Waals surface area contributed by atoms with Gasteiger partial charge in [-0.05, 0) is 73.2 Å². The molecule has 0 saturated carbocycles. The van der Waals surface area contributed by atoms with Crippen LogP contribution in [-0.2, 0) is 0 Å². The van der Waals surface area contributed by atoms with Gasteiger partial charge in [-0.25, -0.2) is 29.9 Å². The van der Waals surface area contributed by atoms with Crippen molar-refractivity contribution in [2.24, 2.45) is 0 Å². The van der Waals surface area contributed by atoms with Crippen LogP contribution in [0.1, 0.15) is 28.9 Å². The third-order valence-electron chi connectivity index (χ3n) is 6.99. The first kappa shape index (κ1) is 26.6. The second-order valence-electron chi connectivity index (χ2n) is 10.1. The van der Waals surface area contributed by atoms with Crippen LogP contribution in [-0.4, -0.2) is 29.9 Å². The lowest BCUT2D eigenvalue weighted by Crippen LogP contribution is -1.99. The molecule has 0 unspecified atom stereocenters. The van der Waals surface area contributed by atoms with Gasteiger partial charge in [0.1, 0.15) is 23.3 Å². The smallest absolute Gasteiger partial charge is 0.163 e. The Kier molecular flexibility index (Phi) is 7.03. The summed E-state index contributed by atoms with van der Waals surface area (Å²) in [5.74, 6) is 4.11. The lowest BCUT2D eigenvalue weighted by atomic mass is 9.87. The molecule has 0 radical (unpaired) electrons. The maximum atomic E-state index is 9.34. The summed E-state index contributed by atoms with van der Waals surface area (Å²) in [7, 11) is 0. The molecule has 4 aromatic carbocycles. The summed E-state index contributed by atoms with van der Waals surface area (Å²) < 4.78 is 0. The van der Waals surface area contributed by atoms with Crippen molar-refractivity contribution in [3.05, 3.63) is 120 Å². The first-order valence-corrected chi connectivity index (χ1v) is 13.6. The van der Waals surface area contributed by atoms with Crippen molar-refractivity contribution in [1.29, 1.82) is 5.26 Å². The topological polar surface area (TPSA) is 101 Å². The number of hydrogen-bond donors (Lipinski definition) is 0. The van der Waals surface area contributed by atoms with Gasteiger partial charge >= 0.3 is 0 Å². The summed E-state index contributed by atoms with van der Waals surface area (Å²) in [5, 5.41) is 9.34. The number of aromatic nitrogens is 6. The van der Waals surface area contributed by atoms with Crippen molar-refractivity contribution in [2.45, 2.75) is 27.7 Å². The predicted octanol–water partition coefficient (Wildman–Crippen LogP) is 7.50. The molecule has 0 atom stereocenters. The van der Waals surface area contributed by atoms with Gasteiger partial charge in [-0.15, -0.1) is 0 Å². The molecule has 0 N–H and O–H groups in total. The lowest BCUT2D eigenvalue weighted by Gasteiger charge is -2.17. The largest absolute Gasteiger partial charge is 0.219 e. The summed E-state index contributed by atoms with van der Waals surface area (Å²) in [4.78, 5) is 26.7. The zero-order chi connectivity index (χ0) is 29.2. The standard InChI is InChI=1S/C35H27N7/c1-21-37-22(2)40-34(39-21)29-16-12-27(13-17-29)32-7-5-6-31(26-10-8-25(20-36)9-11-26)33(32)28-14-18-30(19-15-28)35-41-23(3)38-24(4)42-35/h5-19H,1-4H3. The Labute approximate surface area is 244 Å². The normalized spacial score (nSPS) is 10.8. The van der Waals surface area contributed by atoms with Gasteiger partial charge in [0.2, 0.25) is 0 Å². The highest BCUT2D eigenvalue weighted by molar-refractivity contribution is 5.95. The van der Waals surface area contributed by atoms with Gasteiger partial charge < -0.3 is 0 Å². The molecule has 42 heavy (non-hydrogen) atoms. The minimum atomic E-state index is 0.628. The molecule has 7 heteroatoms. The molecular weight excluding hydrogens is 518 g/mol. The molecule has 0 aliphatic rings. The second kappa shape index (κ2) is 11.1. The molecule has 6 aromatic rings. The van der Waals surface area contributed by atoms with Crippen LogP contribution < -0.4 is 0 Å². The van der Waals surface area contributed by atoms with E-state index in [1.165, 1.54) is 0 Å². The van der Waals surface area contributed by atoms with E-state index in [2.05, 4.69) is 103 Å². The summed E-state index contributed by atoms with van der Waals surface area (Å²) in [5.41, 5.74) is 8.91. The van der Waals surface area contributed by atoms with E-state index in [1.54, 1.807) is 0 Å². The number of aryl methyl sites for hydroxylation is 4. The molecule has 0 spiro atoms. The van der Waals surface area contributed by atoms with E-state index in [9.17, 15) is 5.26 Å². The number of nitriles is 1. The minimum absolute atomic E-state index is 0.628. The van der Waals surface area contributed by atoms with E-state index in [4.69, 9.17) is 0 Å². The van der Waals surface area contributed by atoms with Crippen molar-refractivity contribution in [2.75, 3.05) is 0 Å². The van der Waals surface area contributed by atoms with E-state index < -0.39 is 0 Å². The summed E-state index contributed by atoms with van der Waals surface area (Å²) in [6.07, 6.45) is 0. The van der Waals surface area contributed by atoms with Gasteiger partial charge in [-0.1, -0.05) is 78.9 Å². The van der Waals surface area contributed by atoms with Crippen LogP contribution in [0.5, 0.6) is 0 Å². The Bertz CT molecular complexity index is 1910. The van der Waals surface area contributed by atoms with E-state index in [1.807, 2.05) is 52.0 Å². The van der Waals surface area contributed by atoms with Crippen LogP contribution in [0.4, 0.5) is 0 Å². The number of nitrogens with zero attached hydrogens (tertiary/aromatic N) is 7. The Hall–Kier alpha value is -5.61. The zero-order valence-corrected chi connectivity index (χ0v) is 23.8. The highest BCUT2D eigenvalue weighted by Gasteiger charge is 2.16. The van der Waals surface area contributed by atoms with E-state index in [0.717, 1.165) is 44.5 Å². The fourth-order valence-corrected chi connectivity index (χ4v) is 5.14. The van der Waals surface area contributed by atoms with E-state index in [-0.39, 0.29) is 0 Å². The highest BCUT2D eigenvalue weighted by Crippen LogP contribution is 2.41. The predicted molar refractivity (Wildman–Crippen MR) is 164 cm³/mol. The molecule has 0 amide bonds. The Morgan fingerprint density at radius 1 is 0.429 bits per heavy atom. The molecular formula is C35H27N7. The molecule has 0 aliphatic carbocycles. The van der Waals surface area contributed by atoms with Crippen molar-refractivity contribution in [3.8, 4) is 62.2 Å². The third kappa shape index (κ3) is 5.38. The minimum Gasteiger partial charge on any atom is -0.219 e. The molecule has 7 nitrogen and oxygen atoms in total. The average molecular weight is 546 g/mol. The van der Waals surface area contributed by atoms with Crippen LogP contribution in [0.15, 0.2) is 91.0 Å². The van der Waals surface area contributed by atoms with E-state index in [0.29, 0.717) is 40.5 Å². The van der Waals surface area contributed by atoms with Crippen molar-refractivity contribution >= 4 is 0 Å². The molecule has 0 saturated heterocycles. The molecule has 0 aliphatic heterocycles. The summed E-state index contributed by atoms with van der Waals surface area (Å²) >= 11 is 0. The zero-order valence-electron chi connectivity index (χ0n) is 23.8. The fourth-order valence-electron chi connectivity index (χ4n) is 5.14. The van der Waals surface area contributed by atoms with Crippen molar-refractivity contribution in [3.63, 3.8) is 0 Å². The Morgan fingerprint density at radius 2 is 0.786 bits per heavy atom. The lowest BCUT2D eigenvalue weighted by molar-refractivity contribution is 0.928. The number of hydrogen-bond acceptors (Lipinski definition) is 7. The van der Waals surface area contributed by atoms with Gasteiger partial charge in [-0.2, -0.15) is 5.26 Å². The van der Waals surface area contributed by atoms with Crippen LogP contribution in [0.25, 0.3) is 56.2 Å². The Balaban J connectivity index is 1.48. The van der Waals surface area contributed by atoms with Crippen LogP contribution in [0.3, 0.4) is 0 Å². The summed E-state index contributed by atoms with van der Waals surface area (Å²) in [6, 6.07) is 32.9.